The average Bonchev–Trinajstić information content (AvgIpc) is 3.18. The van der Waals surface area contributed by atoms with E-state index in [-0.39, 0.29) is 11.9 Å². The Morgan fingerprint density at radius 2 is 2.11 bits per heavy atom. The predicted octanol–water partition coefficient (Wildman–Crippen LogP) is 1.16. The molecule has 0 bridgehead atoms. The number of ether oxygens (including phenoxy) is 2. The van der Waals surface area contributed by atoms with Crippen LogP contribution < -0.4 is 15.4 Å². The number of esters is 1. The molecule has 1 aromatic carbocycles. The highest BCUT2D eigenvalue weighted by molar-refractivity contribution is 5.92. The summed E-state index contributed by atoms with van der Waals surface area (Å²) in [5.41, 5.74) is 1.28. The summed E-state index contributed by atoms with van der Waals surface area (Å²) in [6, 6.07) is 5.53. The Labute approximate surface area is 159 Å². The zero-order valence-corrected chi connectivity index (χ0v) is 16.4. The highest BCUT2D eigenvalue weighted by Gasteiger charge is 2.25. The maximum absolute atomic E-state index is 11.9. The van der Waals surface area contributed by atoms with Crippen LogP contribution in [0.15, 0.2) is 23.2 Å². The van der Waals surface area contributed by atoms with Gasteiger partial charge >= 0.3 is 5.97 Å². The zero-order valence-electron chi connectivity index (χ0n) is 16.4. The first-order valence-electron chi connectivity index (χ1n) is 9.02. The van der Waals surface area contributed by atoms with Crippen molar-refractivity contribution in [3.05, 3.63) is 29.3 Å². The number of rotatable bonds is 6. The number of benzene rings is 1. The molecule has 1 atom stereocenters. The molecule has 1 heterocycles. The molecule has 2 rings (SSSR count). The van der Waals surface area contributed by atoms with E-state index < -0.39 is 5.97 Å². The lowest BCUT2D eigenvalue weighted by atomic mass is 10.1. The normalized spacial score (nSPS) is 16.8. The highest BCUT2D eigenvalue weighted by atomic mass is 16.5. The fourth-order valence-electron chi connectivity index (χ4n) is 3.04. The van der Waals surface area contributed by atoms with Crippen LogP contribution in [0.4, 0.5) is 0 Å². The summed E-state index contributed by atoms with van der Waals surface area (Å²) in [5, 5.41) is 6.58. The first-order valence-corrected chi connectivity index (χ1v) is 9.02. The van der Waals surface area contributed by atoms with Crippen LogP contribution in [0.2, 0.25) is 0 Å². The molecule has 0 aromatic heterocycles. The Hall–Kier alpha value is -2.77. The number of methoxy groups -OCH3 is 2. The number of likely N-dealkylation sites (tertiary alicyclic amines) is 1. The van der Waals surface area contributed by atoms with Crippen molar-refractivity contribution in [2.75, 3.05) is 34.4 Å². The van der Waals surface area contributed by atoms with Crippen molar-refractivity contribution < 1.29 is 19.1 Å². The first kappa shape index (κ1) is 20.5. The van der Waals surface area contributed by atoms with E-state index in [2.05, 4.69) is 15.6 Å². The van der Waals surface area contributed by atoms with Crippen molar-refractivity contribution in [3.63, 3.8) is 0 Å². The van der Waals surface area contributed by atoms with Gasteiger partial charge in [0.15, 0.2) is 5.96 Å². The Balaban J connectivity index is 1.95. The number of aliphatic imine (C=N–C) groups is 1. The summed E-state index contributed by atoms with van der Waals surface area (Å²) >= 11 is 0. The third kappa shape index (κ3) is 5.35. The average molecular weight is 376 g/mol. The van der Waals surface area contributed by atoms with E-state index in [0.29, 0.717) is 36.8 Å². The Kier molecular flexibility index (Phi) is 7.45. The number of carbonyl (C=O) groups is 2. The Morgan fingerprint density at radius 3 is 2.74 bits per heavy atom. The zero-order chi connectivity index (χ0) is 19.8. The molecule has 8 nitrogen and oxygen atoms in total. The van der Waals surface area contributed by atoms with Gasteiger partial charge in [-0.2, -0.15) is 0 Å². The Morgan fingerprint density at radius 1 is 1.33 bits per heavy atom. The minimum absolute atomic E-state index is 0.174. The van der Waals surface area contributed by atoms with Crippen LogP contribution in [0, 0.1) is 0 Å². The molecule has 1 unspecified atom stereocenters. The summed E-state index contributed by atoms with van der Waals surface area (Å²) in [4.78, 5) is 29.8. The topological polar surface area (TPSA) is 92.3 Å². The molecule has 1 fully saturated rings. The monoisotopic (exact) mass is 376 g/mol. The molecule has 1 aliphatic rings. The van der Waals surface area contributed by atoms with Gasteiger partial charge in [0.25, 0.3) is 0 Å². The van der Waals surface area contributed by atoms with Crippen LogP contribution in [0.3, 0.4) is 0 Å². The molecule has 1 amide bonds. The smallest absolute Gasteiger partial charge is 0.341 e. The predicted molar refractivity (Wildman–Crippen MR) is 103 cm³/mol. The number of amides is 1. The van der Waals surface area contributed by atoms with Gasteiger partial charge in [0.1, 0.15) is 11.3 Å². The molecule has 1 saturated heterocycles. The van der Waals surface area contributed by atoms with Crippen LogP contribution in [-0.4, -0.2) is 63.1 Å². The minimum atomic E-state index is -0.442. The van der Waals surface area contributed by atoms with Gasteiger partial charge < -0.3 is 25.0 Å². The summed E-state index contributed by atoms with van der Waals surface area (Å²) < 4.78 is 10.0. The number of nitrogens with one attached hydrogen (secondary N) is 2. The van der Waals surface area contributed by atoms with E-state index in [4.69, 9.17) is 9.47 Å². The van der Waals surface area contributed by atoms with Crippen LogP contribution in [0.5, 0.6) is 5.75 Å². The van der Waals surface area contributed by atoms with Gasteiger partial charge in [-0.1, -0.05) is 13.0 Å². The number of hydrogen-bond donors (Lipinski definition) is 2. The van der Waals surface area contributed by atoms with E-state index in [0.717, 1.165) is 18.5 Å². The summed E-state index contributed by atoms with van der Waals surface area (Å²) in [6.45, 7) is 3.81. The number of guanidine groups is 1. The van der Waals surface area contributed by atoms with Gasteiger partial charge in [-0.05, 0) is 24.1 Å². The van der Waals surface area contributed by atoms with E-state index in [1.54, 1.807) is 19.2 Å². The van der Waals surface area contributed by atoms with Gasteiger partial charge in [0.05, 0.1) is 14.2 Å². The summed E-state index contributed by atoms with van der Waals surface area (Å²) in [5.74, 6) is 0.861. The molecule has 0 saturated carbocycles. The van der Waals surface area contributed by atoms with Gasteiger partial charge in [0, 0.05) is 39.1 Å². The lowest BCUT2D eigenvalue weighted by Crippen LogP contribution is -2.44. The third-order valence-corrected chi connectivity index (χ3v) is 4.54. The fourth-order valence-corrected chi connectivity index (χ4v) is 3.04. The molecule has 2 N–H and O–H groups in total. The summed E-state index contributed by atoms with van der Waals surface area (Å²) in [6.07, 6.45) is 1.42. The molecule has 0 radical (unpaired) electrons. The van der Waals surface area contributed by atoms with Crippen molar-refractivity contribution in [1.29, 1.82) is 0 Å². The first-order chi connectivity index (χ1) is 13.0. The van der Waals surface area contributed by atoms with Crippen molar-refractivity contribution in [1.82, 2.24) is 15.5 Å². The van der Waals surface area contributed by atoms with Crippen molar-refractivity contribution in [3.8, 4) is 5.75 Å². The van der Waals surface area contributed by atoms with Crippen molar-refractivity contribution in [2.45, 2.75) is 32.4 Å². The quantitative estimate of drug-likeness (QED) is 0.440. The minimum Gasteiger partial charge on any atom is -0.496 e. The van der Waals surface area contributed by atoms with Crippen molar-refractivity contribution in [2.24, 2.45) is 4.99 Å². The van der Waals surface area contributed by atoms with Crippen LogP contribution in [-0.2, 0) is 16.1 Å². The molecule has 0 spiro atoms. The van der Waals surface area contributed by atoms with E-state index >= 15 is 0 Å². The summed E-state index contributed by atoms with van der Waals surface area (Å²) in [7, 11) is 4.55. The molecule has 148 valence electrons. The number of nitrogens with zero attached hydrogens (tertiary/aromatic N) is 2. The third-order valence-electron chi connectivity index (χ3n) is 4.54. The fraction of sp³-hybridized carbons (Fsp3) is 0.526. The van der Waals surface area contributed by atoms with Gasteiger partial charge in [-0.25, -0.2) is 4.79 Å². The van der Waals surface area contributed by atoms with Crippen LogP contribution >= 0.6 is 0 Å². The number of carbonyl (C=O) groups excluding carboxylic acids is 2. The molecule has 1 aliphatic heterocycles. The molecule has 27 heavy (non-hydrogen) atoms. The van der Waals surface area contributed by atoms with E-state index in [1.165, 1.54) is 14.2 Å². The lowest BCUT2D eigenvalue weighted by molar-refractivity contribution is -0.129. The van der Waals surface area contributed by atoms with Gasteiger partial charge in [-0.3, -0.25) is 9.79 Å². The molecule has 8 heteroatoms. The second kappa shape index (κ2) is 9.80. The van der Waals surface area contributed by atoms with E-state index in [1.807, 2.05) is 17.9 Å². The second-order valence-corrected chi connectivity index (χ2v) is 6.28. The Bertz CT molecular complexity index is 705. The molecule has 1 aromatic rings. The van der Waals surface area contributed by atoms with Crippen LogP contribution in [0.25, 0.3) is 0 Å². The highest BCUT2D eigenvalue weighted by Crippen LogP contribution is 2.20. The van der Waals surface area contributed by atoms with E-state index in [9.17, 15) is 9.59 Å². The van der Waals surface area contributed by atoms with Crippen molar-refractivity contribution >= 4 is 17.8 Å². The maximum atomic E-state index is 11.9. The molecular formula is C19H28N4O4. The standard InChI is InChI=1S/C19H28N4O4/c1-5-17(24)23-9-8-14(12-23)22-19(20-2)21-11-13-6-7-16(26-3)15(10-13)18(25)27-4/h6-7,10,14H,5,8-9,11-12H2,1-4H3,(H2,20,21,22). The maximum Gasteiger partial charge on any atom is 0.341 e. The lowest BCUT2D eigenvalue weighted by Gasteiger charge is -2.19. The second-order valence-electron chi connectivity index (χ2n) is 6.28. The number of hydrogen-bond acceptors (Lipinski definition) is 5. The molecule has 0 aliphatic carbocycles. The largest absolute Gasteiger partial charge is 0.496 e. The van der Waals surface area contributed by atoms with Gasteiger partial charge in [-0.15, -0.1) is 0 Å². The SMILES string of the molecule is CCC(=O)N1CCC(NC(=NC)NCc2ccc(OC)c(C(=O)OC)c2)C1. The van der Waals surface area contributed by atoms with Crippen LogP contribution in [0.1, 0.15) is 35.7 Å². The molecular weight excluding hydrogens is 348 g/mol. The van der Waals surface area contributed by atoms with Gasteiger partial charge in [0.2, 0.25) is 5.91 Å².